The smallest absolute Gasteiger partial charge is 0.223 e. The first-order valence-corrected chi connectivity index (χ1v) is 6.93. The van der Waals surface area contributed by atoms with Crippen LogP contribution in [0.1, 0.15) is 24.8 Å². The molecule has 1 unspecified atom stereocenters. The summed E-state index contributed by atoms with van der Waals surface area (Å²) < 4.78 is 13.4. The van der Waals surface area contributed by atoms with Gasteiger partial charge in [-0.05, 0) is 43.8 Å². The second-order valence-electron chi connectivity index (χ2n) is 5.68. The minimum Gasteiger partial charge on any atom is -0.352 e. The molecule has 3 rings (SSSR count). The predicted octanol–water partition coefficient (Wildman–Crippen LogP) is 2.25. The number of carbonyl (C=O) groups is 1. The van der Waals surface area contributed by atoms with Gasteiger partial charge < -0.3 is 10.6 Å². The zero-order valence-corrected chi connectivity index (χ0v) is 12.1. The monoisotopic (exact) mass is 298 g/mol. The molecule has 1 spiro atoms. The normalized spacial score (nSPS) is 22.9. The van der Waals surface area contributed by atoms with Gasteiger partial charge >= 0.3 is 0 Å². The molecule has 2 aliphatic rings. The van der Waals surface area contributed by atoms with Gasteiger partial charge in [0.2, 0.25) is 5.91 Å². The van der Waals surface area contributed by atoms with E-state index < -0.39 is 0 Å². The van der Waals surface area contributed by atoms with Crippen molar-refractivity contribution in [2.75, 3.05) is 13.1 Å². The number of piperidine rings is 1. The second kappa shape index (κ2) is 6.10. The van der Waals surface area contributed by atoms with E-state index in [0.29, 0.717) is 5.56 Å². The molecular weight excluding hydrogens is 279 g/mol. The van der Waals surface area contributed by atoms with E-state index in [1.165, 1.54) is 6.07 Å². The Balaban J connectivity index is 0.00000147. The van der Waals surface area contributed by atoms with Crippen LogP contribution in [0.3, 0.4) is 0 Å². The highest BCUT2D eigenvalue weighted by Crippen LogP contribution is 2.58. The van der Waals surface area contributed by atoms with Gasteiger partial charge in [0.05, 0.1) is 0 Å². The Morgan fingerprint density at radius 1 is 1.35 bits per heavy atom. The van der Waals surface area contributed by atoms with Gasteiger partial charge in [-0.15, -0.1) is 12.4 Å². The SMILES string of the molecule is Cl.O=C(NCc1ccccc1F)C1CC12CCNCC2. The second-order valence-corrected chi connectivity index (χ2v) is 5.68. The van der Waals surface area contributed by atoms with E-state index in [1.54, 1.807) is 18.2 Å². The first kappa shape index (κ1) is 15.3. The van der Waals surface area contributed by atoms with Crippen LogP contribution in [0.2, 0.25) is 0 Å². The average molecular weight is 299 g/mol. The lowest BCUT2D eigenvalue weighted by Crippen LogP contribution is -2.33. The first-order valence-electron chi connectivity index (χ1n) is 6.93. The molecule has 5 heteroatoms. The van der Waals surface area contributed by atoms with Crippen molar-refractivity contribution in [3.05, 3.63) is 35.6 Å². The summed E-state index contributed by atoms with van der Waals surface area (Å²) in [5.74, 6) is -0.0262. The number of hydrogen-bond donors (Lipinski definition) is 2. The number of carbonyl (C=O) groups excluding carboxylic acids is 1. The van der Waals surface area contributed by atoms with E-state index in [0.717, 1.165) is 32.4 Å². The molecule has 3 nitrogen and oxygen atoms in total. The molecular formula is C15H20ClFN2O. The fraction of sp³-hybridized carbons (Fsp3) is 0.533. The lowest BCUT2D eigenvalue weighted by Gasteiger charge is -2.23. The largest absolute Gasteiger partial charge is 0.352 e. The van der Waals surface area contributed by atoms with Crippen molar-refractivity contribution in [2.24, 2.45) is 11.3 Å². The van der Waals surface area contributed by atoms with Crippen molar-refractivity contribution in [1.82, 2.24) is 10.6 Å². The van der Waals surface area contributed by atoms with Crippen LogP contribution in [0.15, 0.2) is 24.3 Å². The van der Waals surface area contributed by atoms with Gasteiger partial charge in [-0.3, -0.25) is 4.79 Å². The molecule has 2 N–H and O–H groups in total. The minimum absolute atomic E-state index is 0. The molecule has 2 fully saturated rings. The number of hydrogen-bond acceptors (Lipinski definition) is 2. The summed E-state index contributed by atoms with van der Waals surface area (Å²) >= 11 is 0. The van der Waals surface area contributed by atoms with Crippen LogP contribution < -0.4 is 10.6 Å². The lowest BCUT2D eigenvalue weighted by atomic mass is 9.92. The predicted molar refractivity (Wildman–Crippen MR) is 78.1 cm³/mol. The summed E-state index contributed by atoms with van der Waals surface area (Å²) in [5.41, 5.74) is 0.792. The molecule has 1 saturated heterocycles. The number of rotatable bonds is 3. The van der Waals surface area contributed by atoms with E-state index in [1.807, 2.05) is 0 Å². The number of benzene rings is 1. The Morgan fingerprint density at radius 2 is 2.05 bits per heavy atom. The maximum atomic E-state index is 13.4. The highest BCUT2D eigenvalue weighted by Gasteiger charge is 2.57. The summed E-state index contributed by atoms with van der Waals surface area (Å²) in [5, 5.41) is 6.20. The van der Waals surface area contributed by atoms with E-state index in [2.05, 4.69) is 10.6 Å². The van der Waals surface area contributed by atoms with Crippen LogP contribution >= 0.6 is 12.4 Å². The molecule has 1 aromatic carbocycles. The maximum Gasteiger partial charge on any atom is 0.223 e. The molecule has 110 valence electrons. The fourth-order valence-corrected chi connectivity index (χ4v) is 3.14. The fourth-order valence-electron chi connectivity index (χ4n) is 3.14. The maximum absolute atomic E-state index is 13.4. The molecule has 1 saturated carbocycles. The van der Waals surface area contributed by atoms with E-state index in [9.17, 15) is 9.18 Å². The molecule has 0 radical (unpaired) electrons. The molecule has 1 amide bonds. The molecule has 1 aromatic rings. The topological polar surface area (TPSA) is 41.1 Å². The van der Waals surface area contributed by atoms with Gasteiger partial charge in [-0.2, -0.15) is 0 Å². The van der Waals surface area contributed by atoms with Gasteiger partial charge in [0, 0.05) is 18.0 Å². The van der Waals surface area contributed by atoms with E-state index >= 15 is 0 Å². The third-order valence-corrected chi connectivity index (χ3v) is 4.52. The molecule has 1 heterocycles. The number of halogens is 2. The van der Waals surface area contributed by atoms with Crippen molar-refractivity contribution in [2.45, 2.75) is 25.8 Å². The Morgan fingerprint density at radius 3 is 2.75 bits per heavy atom. The summed E-state index contributed by atoms with van der Waals surface area (Å²) in [6, 6.07) is 6.58. The van der Waals surface area contributed by atoms with Gasteiger partial charge in [-0.25, -0.2) is 4.39 Å². The third kappa shape index (κ3) is 2.96. The van der Waals surface area contributed by atoms with Gasteiger partial charge in [0.25, 0.3) is 0 Å². The Kier molecular flexibility index (Phi) is 4.66. The van der Waals surface area contributed by atoms with Gasteiger partial charge in [0.1, 0.15) is 5.82 Å². The molecule has 0 bridgehead atoms. The summed E-state index contributed by atoms with van der Waals surface area (Å²) in [4.78, 5) is 12.1. The Bertz CT molecular complexity index is 489. The van der Waals surface area contributed by atoms with Crippen molar-refractivity contribution in [3.63, 3.8) is 0 Å². The number of amides is 1. The highest BCUT2D eigenvalue weighted by atomic mass is 35.5. The van der Waals surface area contributed by atoms with Crippen molar-refractivity contribution in [3.8, 4) is 0 Å². The summed E-state index contributed by atoms with van der Waals surface area (Å²) in [7, 11) is 0. The van der Waals surface area contributed by atoms with Crippen LogP contribution in [-0.2, 0) is 11.3 Å². The zero-order valence-electron chi connectivity index (χ0n) is 11.3. The first-order chi connectivity index (χ1) is 9.21. The lowest BCUT2D eigenvalue weighted by molar-refractivity contribution is -0.123. The van der Waals surface area contributed by atoms with E-state index in [4.69, 9.17) is 0 Å². The molecule has 1 aliphatic carbocycles. The standard InChI is InChI=1S/C15H19FN2O.ClH/c16-13-4-2-1-3-11(13)10-18-14(19)12-9-15(12)5-7-17-8-6-15;/h1-4,12,17H,5-10H2,(H,18,19);1H. The summed E-state index contributed by atoms with van der Waals surface area (Å²) in [6.07, 6.45) is 3.17. The van der Waals surface area contributed by atoms with Crippen LogP contribution in [0.4, 0.5) is 4.39 Å². The quantitative estimate of drug-likeness (QED) is 0.899. The molecule has 20 heavy (non-hydrogen) atoms. The third-order valence-electron chi connectivity index (χ3n) is 4.52. The molecule has 1 atom stereocenters. The van der Waals surface area contributed by atoms with Crippen LogP contribution in [0.5, 0.6) is 0 Å². The van der Waals surface area contributed by atoms with Gasteiger partial charge in [-0.1, -0.05) is 18.2 Å². The Labute approximate surface area is 124 Å². The molecule has 0 aromatic heterocycles. The van der Waals surface area contributed by atoms with Crippen molar-refractivity contribution in [1.29, 1.82) is 0 Å². The number of nitrogens with one attached hydrogen (secondary N) is 2. The minimum atomic E-state index is -0.254. The van der Waals surface area contributed by atoms with Crippen molar-refractivity contribution < 1.29 is 9.18 Å². The van der Waals surface area contributed by atoms with Crippen LogP contribution in [-0.4, -0.2) is 19.0 Å². The van der Waals surface area contributed by atoms with Crippen LogP contribution in [0.25, 0.3) is 0 Å². The van der Waals surface area contributed by atoms with Gasteiger partial charge in [0.15, 0.2) is 0 Å². The van der Waals surface area contributed by atoms with Crippen LogP contribution in [0, 0.1) is 17.2 Å². The Hall–Kier alpha value is -1.13. The van der Waals surface area contributed by atoms with E-state index in [-0.39, 0.29) is 42.0 Å². The zero-order chi connectivity index (χ0) is 13.3. The average Bonchev–Trinajstić information content (AvgIpc) is 3.12. The van der Waals surface area contributed by atoms with Crippen molar-refractivity contribution >= 4 is 18.3 Å². The molecule has 1 aliphatic heterocycles. The highest BCUT2D eigenvalue weighted by molar-refractivity contribution is 5.85. The summed E-state index contributed by atoms with van der Waals surface area (Å²) in [6.45, 7) is 2.31.